The molecule has 0 atom stereocenters. The molecule has 1 aliphatic heterocycles. The van der Waals surface area contributed by atoms with Crippen LogP contribution >= 0.6 is 0 Å². The van der Waals surface area contributed by atoms with Crippen LogP contribution in [0.4, 0.5) is 0 Å². The summed E-state index contributed by atoms with van der Waals surface area (Å²) < 4.78 is 5.18. The number of carbonyl (C=O) groups excluding carboxylic acids is 1. The van der Waals surface area contributed by atoms with Crippen molar-refractivity contribution >= 4 is 11.9 Å². The number of carboxylic acid groups (broad SMARTS) is 1. The molecule has 0 aromatic heterocycles. The van der Waals surface area contributed by atoms with Crippen molar-refractivity contribution < 1.29 is 19.4 Å². The maximum absolute atomic E-state index is 11.6. The zero-order valence-corrected chi connectivity index (χ0v) is 9.78. The first kappa shape index (κ1) is 13.0. The fourth-order valence-electron chi connectivity index (χ4n) is 1.60. The predicted molar refractivity (Wildman–Crippen MR) is 58.0 cm³/mol. The van der Waals surface area contributed by atoms with E-state index in [2.05, 4.69) is 5.32 Å². The van der Waals surface area contributed by atoms with Crippen molar-refractivity contribution in [2.75, 3.05) is 13.2 Å². The van der Waals surface area contributed by atoms with E-state index in [1.54, 1.807) is 13.8 Å². The Morgan fingerprint density at radius 1 is 1.38 bits per heavy atom. The van der Waals surface area contributed by atoms with E-state index in [0.29, 0.717) is 13.2 Å². The quantitative estimate of drug-likeness (QED) is 0.747. The predicted octanol–water partition coefficient (Wildman–Crippen LogP) is 0.782. The number of rotatable bonds is 4. The summed E-state index contributed by atoms with van der Waals surface area (Å²) in [4.78, 5) is 22.5. The first-order valence-corrected chi connectivity index (χ1v) is 5.52. The van der Waals surface area contributed by atoms with E-state index in [0.717, 1.165) is 12.8 Å². The number of hydrogen-bond donors (Lipinski definition) is 2. The van der Waals surface area contributed by atoms with E-state index in [4.69, 9.17) is 9.84 Å². The smallest absolute Gasteiger partial charge is 0.309 e. The molecule has 0 unspecified atom stereocenters. The molecule has 0 saturated carbocycles. The normalized spacial score (nSPS) is 18.1. The number of nitrogens with one attached hydrogen (secondary N) is 1. The van der Waals surface area contributed by atoms with Gasteiger partial charge in [0.15, 0.2) is 0 Å². The highest BCUT2D eigenvalue weighted by Crippen LogP contribution is 2.20. The molecule has 1 heterocycles. The topological polar surface area (TPSA) is 75.6 Å². The van der Waals surface area contributed by atoms with Gasteiger partial charge in [0.1, 0.15) is 0 Å². The Morgan fingerprint density at radius 2 is 1.94 bits per heavy atom. The Hall–Kier alpha value is -1.10. The Bertz CT molecular complexity index is 269. The van der Waals surface area contributed by atoms with E-state index in [-0.39, 0.29) is 18.4 Å². The molecular weight excluding hydrogens is 210 g/mol. The summed E-state index contributed by atoms with van der Waals surface area (Å²) in [5, 5.41) is 11.7. The summed E-state index contributed by atoms with van der Waals surface area (Å²) in [6, 6.07) is 0.130. The zero-order valence-electron chi connectivity index (χ0n) is 9.78. The molecule has 92 valence electrons. The van der Waals surface area contributed by atoms with Gasteiger partial charge < -0.3 is 15.2 Å². The highest BCUT2D eigenvalue weighted by atomic mass is 16.5. The van der Waals surface area contributed by atoms with Gasteiger partial charge in [0.25, 0.3) is 0 Å². The SMILES string of the molecule is CC(C)(CC(=O)NC1CCOCC1)C(=O)O. The average Bonchev–Trinajstić information content (AvgIpc) is 2.17. The highest BCUT2D eigenvalue weighted by Gasteiger charge is 2.30. The van der Waals surface area contributed by atoms with Crippen LogP contribution < -0.4 is 5.32 Å². The lowest BCUT2D eigenvalue weighted by Crippen LogP contribution is -2.41. The van der Waals surface area contributed by atoms with E-state index in [1.165, 1.54) is 0 Å². The second-order valence-electron chi connectivity index (χ2n) is 4.82. The van der Waals surface area contributed by atoms with Crippen molar-refractivity contribution in [1.82, 2.24) is 5.32 Å². The van der Waals surface area contributed by atoms with Crippen LogP contribution in [-0.4, -0.2) is 36.2 Å². The largest absolute Gasteiger partial charge is 0.481 e. The lowest BCUT2D eigenvalue weighted by atomic mass is 9.89. The van der Waals surface area contributed by atoms with E-state index >= 15 is 0 Å². The number of ether oxygens (including phenoxy) is 1. The van der Waals surface area contributed by atoms with Crippen LogP contribution in [-0.2, 0) is 14.3 Å². The van der Waals surface area contributed by atoms with Gasteiger partial charge in [-0.1, -0.05) is 0 Å². The molecule has 1 saturated heterocycles. The van der Waals surface area contributed by atoms with Gasteiger partial charge in [-0.2, -0.15) is 0 Å². The molecule has 1 aliphatic rings. The van der Waals surface area contributed by atoms with Gasteiger partial charge >= 0.3 is 5.97 Å². The lowest BCUT2D eigenvalue weighted by molar-refractivity contribution is -0.149. The van der Waals surface area contributed by atoms with Gasteiger partial charge in [-0.25, -0.2) is 0 Å². The Kier molecular flexibility index (Phi) is 4.29. The van der Waals surface area contributed by atoms with Crippen LogP contribution in [0.5, 0.6) is 0 Å². The minimum absolute atomic E-state index is 0.0136. The minimum Gasteiger partial charge on any atom is -0.481 e. The molecule has 1 amide bonds. The van der Waals surface area contributed by atoms with Crippen molar-refractivity contribution in [2.45, 2.75) is 39.2 Å². The van der Waals surface area contributed by atoms with Crippen molar-refractivity contribution in [3.05, 3.63) is 0 Å². The van der Waals surface area contributed by atoms with Crippen molar-refractivity contribution in [2.24, 2.45) is 5.41 Å². The summed E-state index contributed by atoms with van der Waals surface area (Å²) in [5.74, 6) is -1.14. The molecule has 0 radical (unpaired) electrons. The summed E-state index contributed by atoms with van der Waals surface area (Å²) in [5.41, 5.74) is -1.00. The van der Waals surface area contributed by atoms with Crippen molar-refractivity contribution in [3.63, 3.8) is 0 Å². The fourth-order valence-corrected chi connectivity index (χ4v) is 1.60. The summed E-state index contributed by atoms with van der Waals surface area (Å²) >= 11 is 0. The molecule has 1 fully saturated rings. The van der Waals surface area contributed by atoms with Crippen molar-refractivity contribution in [3.8, 4) is 0 Å². The van der Waals surface area contributed by atoms with Gasteiger partial charge in [0.2, 0.25) is 5.91 Å². The van der Waals surface area contributed by atoms with Gasteiger partial charge in [-0.05, 0) is 26.7 Å². The molecule has 2 N–H and O–H groups in total. The van der Waals surface area contributed by atoms with Gasteiger partial charge in [0, 0.05) is 25.7 Å². The third-order valence-electron chi connectivity index (χ3n) is 2.77. The monoisotopic (exact) mass is 229 g/mol. The molecule has 0 aliphatic carbocycles. The molecule has 16 heavy (non-hydrogen) atoms. The van der Waals surface area contributed by atoms with Crippen LogP contribution in [0.1, 0.15) is 33.1 Å². The summed E-state index contributed by atoms with van der Waals surface area (Å²) in [6.45, 7) is 4.43. The number of carbonyl (C=O) groups is 2. The molecule has 0 aromatic rings. The standard InChI is InChI=1S/C11H19NO4/c1-11(2,10(14)15)7-9(13)12-8-3-5-16-6-4-8/h8H,3-7H2,1-2H3,(H,12,13)(H,14,15). The highest BCUT2D eigenvalue weighted by molar-refractivity contribution is 5.84. The van der Waals surface area contributed by atoms with Crippen LogP contribution in [0.15, 0.2) is 0 Å². The molecule has 5 heteroatoms. The zero-order chi connectivity index (χ0) is 12.2. The molecule has 0 spiro atoms. The fraction of sp³-hybridized carbons (Fsp3) is 0.818. The summed E-state index contributed by atoms with van der Waals surface area (Å²) in [6.07, 6.45) is 1.62. The van der Waals surface area contributed by atoms with Gasteiger partial charge in [-0.15, -0.1) is 0 Å². The first-order valence-electron chi connectivity index (χ1n) is 5.52. The average molecular weight is 229 g/mol. The van der Waals surface area contributed by atoms with Crippen LogP contribution in [0.3, 0.4) is 0 Å². The number of amides is 1. The Balaban J connectivity index is 2.37. The molecule has 0 bridgehead atoms. The Morgan fingerprint density at radius 3 is 2.44 bits per heavy atom. The molecule has 5 nitrogen and oxygen atoms in total. The van der Waals surface area contributed by atoms with E-state index in [9.17, 15) is 9.59 Å². The third kappa shape index (κ3) is 3.81. The maximum atomic E-state index is 11.6. The van der Waals surface area contributed by atoms with E-state index < -0.39 is 11.4 Å². The molecule has 1 rings (SSSR count). The molecular formula is C11H19NO4. The van der Waals surface area contributed by atoms with Gasteiger partial charge in [-0.3, -0.25) is 9.59 Å². The lowest BCUT2D eigenvalue weighted by Gasteiger charge is -2.25. The number of carboxylic acids is 1. The Labute approximate surface area is 95.2 Å². The second kappa shape index (κ2) is 5.30. The summed E-state index contributed by atoms with van der Waals surface area (Å²) in [7, 11) is 0. The van der Waals surface area contributed by atoms with Crippen LogP contribution in [0.25, 0.3) is 0 Å². The number of hydrogen-bond acceptors (Lipinski definition) is 3. The van der Waals surface area contributed by atoms with E-state index in [1.807, 2.05) is 0 Å². The van der Waals surface area contributed by atoms with Crippen molar-refractivity contribution in [1.29, 1.82) is 0 Å². The van der Waals surface area contributed by atoms with Crippen LogP contribution in [0.2, 0.25) is 0 Å². The minimum atomic E-state index is -1.00. The maximum Gasteiger partial charge on any atom is 0.309 e. The number of aliphatic carboxylic acids is 1. The third-order valence-corrected chi connectivity index (χ3v) is 2.77. The van der Waals surface area contributed by atoms with Gasteiger partial charge in [0.05, 0.1) is 5.41 Å². The van der Waals surface area contributed by atoms with Crippen LogP contribution in [0, 0.1) is 5.41 Å². The first-order chi connectivity index (χ1) is 7.42. The molecule has 0 aromatic carbocycles. The second-order valence-corrected chi connectivity index (χ2v) is 4.82.